The number of hydrogen-bond donors (Lipinski definition) is 0. The molecule has 6 nitrogen and oxygen atoms in total. The molecule has 0 aliphatic carbocycles. The standard InChI is InChI=1S/C13H24NO5/c1-12(2,3)18-10(16)14(8-7-9-15)11(17)19-13(4,5)6/h7-9H2,1-6H3/q-1. The highest BCUT2D eigenvalue weighted by atomic mass is 16.6. The Bertz CT molecular complexity index is 286. The minimum atomic E-state index is -0.796. The molecule has 0 fully saturated rings. The van der Waals surface area contributed by atoms with Crippen molar-refractivity contribution in [2.24, 2.45) is 0 Å². The van der Waals surface area contributed by atoms with Crippen LogP contribution in [0.3, 0.4) is 0 Å². The van der Waals surface area contributed by atoms with Gasteiger partial charge < -0.3 is 14.6 Å². The molecule has 0 heterocycles. The molecule has 112 valence electrons. The lowest BCUT2D eigenvalue weighted by Crippen LogP contribution is -2.44. The third-order valence-electron chi connectivity index (χ3n) is 1.75. The van der Waals surface area contributed by atoms with Gasteiger partial charge in [-0.3, -0.25) is 0 Å². The highest BCUT2D eigenvalue weighted by molar-refractivity contribution is 5.88. The van der Waals surface area contributed by atoms with Crippen LogP contribution in [0.15, 0.2) is 0 Å². The number of nitrogens with zero attached hydrogens (tertiary/aromatic N) is 1. The zero-order chi connectivity index (χ0) is 15.3. The van der Waals surface area contributed by atoms with Crippen LogP contribution in [0.4, 0.5) is 9.59 Å². The molecular weight excluding hydrogens is 250 g/mol. The Morgan fingerprint density at radius 1 is 0.947 bits per heavy atom. The second-order valence-electron chi connectivity index (χ2n) is 6.17. The molecule has 0 bridgehead atoms. The molecule has 0 aliphatic heterocycles. The normalized spacial score (nSPS) is 11.9. The van der Waals surface area contributed by atoms with Crippen molar-refractivity contribution in [1.82, 2.24) is 4.90 Å². The summed E-state index contributed by atoms with van der Waals surface area (Å²) < 4.78 is 10.2. The van der Waals surface area contributed by atoms with Crippen LogP contribution in [0.2, 0.25) is 0 Å². The quantitative estimate of drug-likeness (QED) is 0.785. The Kier molecular flexibility index (Phi) is 6.29. The first-order valence-corrected chi connectivity index (χ1v) is 6.28. The SMILES string of the molecule is CC(C)(C)OC(=O)N(CCC[O-])C(=O)OC(C)(C)C. The highest BCUT2D eigenvalue weighted by Gasteiger charge is 2.30. The van der Waals surface area contributed by atoms with Crippen molar-refractivity contribution >= 4 is 12.2 Å². The van der Waals surface area contributed by atoms with Crippen LogP contribution in [0.5, 0.6) is 0 Å². The molecule has 0 rings (SSSR count). The fourth-order valence-corrected chi connectivity index (χ4v) is 1.11. The molecule has 0 aliphatic rings. The monoisotopic (exact) mass is 274 g/mol. The van der Waals surface area contributed by atoms with Gasteiger partial charge in [0.25, 0.3) is 0 Å². The lowest BCUT2D eigenvalue weighted by molar-refractivity contribution is -0.368. The van der Waals surface area contributed by atoms with E-state index in [2.05, 4.69) is 0 Å². The zero-order valence-corrected chi connectivity index (χ0v) is 12.6. The van der Waals surface area contributed by atoms with Crippen LogP contribution in [0.1, 0.15) is 48.0 Å². The van der Waals surface area contributed by atoms with Crippen LogP contribution >= 0.6 is 0 Å². The first kappa shape index (κ1) is 17.7. The predicted molar refractivity (Wildman–Crippen MR) is 68.7 cm³/mol. The molecule has 0 atom stereocenters. The number of amides is 2. The number of imide groups is 1. The number of carbonyl (C=O) groups is 2. The summed E-state index contributed by atoms with van der Waals surface area (Å²) in [6.07, 6.45) is -1.43. The summed E-state index contributed by atoms with van der Waals surface area (Å²) in [5.41, 5.74) is -1.43. The summed E-state index contributed by atoms with van der Waals surface area (Å²) in [5.74, 6) is 0. The molecule has 2 amide bonds. The Balaban J connectivity index is 4.80. The van der Waals surface area contributed by atoms with E-state index in [9.17, 15) is 14.7 Å². The second-order valence-corrected chi connectivity index (χ2v) is 6.17. The van der Waals surface area contributed by atoms with Crippen LogP contribution < -0.4 is 5.11 Å². The number of rotatable bonds is 3. The molecule has 0 aromatic heterocycles. The van der Waals surface area contributed by atoms with Crippen LogP contribution in [-0.4, -0.2) is 41.4 Å². The van der Waals surface area contributed by atoms with Crippen molar-refractivity contribution in [3.8, 4) is 0 Å². The van der Waals surface area contributed by atoms with E-state index in [0.717, 1.165) is 4.90 Å². The van der Waals surface area contributed by atoms with Gasteiger partial charge in [-0.25, -0.2) is 14.5 Å². The number of carbonyl (C=O) groups excluding carboxylic acids is 2. The molecule has 0 aromatic carbocycles. The smallest absolute Gasteiger partial charge is 0.419 e. The van der Waals surface area contributed by atoms with Crippen molar-refractivity contribution < 1.29 is 24.2 Å². The van der Waals surface area contributed by atoms with Crippen LogP contribution in [0.25, 0.3) is 0 Å². The van der Waals surface area contributed by atoms with E-state index < -0.39 is 23.4 Å². The Hall–Kier alpha value is -1.30. The Morgan fingerprint density at radius 2 is 1.32 bits per heavy atom. The Morgan fingerprint density at radius 3 is 1.58 bits per heavy atom. The number of hydrogen-bond acceptors (Lipinski definition) is 5. The van der Waals surface area contributed by atoms with E-state index in [-0.39, 0.29) is 19.6 Å². The largest absolute Gasteiger partial charge is 0.854 e. The first-order chi connectivity index (χ1) is 8.46. The molecule has 19 heavy (non-hydrogen) atoms. The third-order valence-corrected chi connectivity index (χ3v) is 1.75. The van der Waals surface area contributed by atoms with Gasteiger partial charge in [0.1, 0.15) is 11.2 Å². The molecule has 0 saturated heterocycles. The minimum Gasteiger partial charge on any atom is -0.854 e. The lowest BCUT2D eigenvalue weighted by Gasteiger charge is -2.28. The highest BCUT2D eigenvalue weighted by Crippen LogP contribution is 2.14. The molecule has 0 radical (unpaired) electrons. The van der Waals surface area contributed by atoms with E-state index in [0.29, 0.717) is 0 Å². The van der Waals surface area contributed by atoms with Crippen molar-refractivity contribution in [3.05, 3.63) is 0 Å². The molecule has 0 saturated carbocycles. The van der Waals surface area contributed by atoms with Gasteiger partial charge in [0.15, 0.2) is 0 Å². The molecule has 0 spiro atoms. The van der Waals surface area contributed by atoms with E-state index >= 15 is 0 Å². The van der Waals surface area contributed by atoms with Gasteiger partial charge in [-0.2, -0.15) is 0 Å². The summed E-state index contributed by atoms with van der Waals surface area (Å²) in [5, 5.41) is 10.5. The van der Waals surface area contributed by atoms with Crippen molar-refractivity contribution in [1.29, 1.82) is 0 Å². The van der Waals surface area contributed by atoms with E-state index in [4.69, 9.17) is 9.47 Å². The topological polar surface area (TPSA) is 78.9 Å². The van der Waals surface area contributed by atoms with Gasteiger partial charge in [0, 0.05) is 6.54 Å². The molecule has 0 unspecified atom stereocenters. The van der Waals surface area contributed by atoms with E-state index in [1.54, 1.807) is 41.5 Å². The van der Waals surface area contributed by atoms with Gasteiger partial charge in [-0.1, -0.05) is 6.42 Å². The third kappa shape index (κ3) is 8.42. The minimum absolute atomic E-state index is 0.00662. The summed E-state index contributed by atoms with van der Waals surface area (Å²) >= 11 is 0. The predicted octanol–water partition coefficient (Wildman–Crippen LogP) is 1.91. The van der Waals surface area contributed by atoms with Gasteiger partial charge >= 0.3 is 12.2 Å². The van der Waals surface area contributed by atoms with E-state index in [1.807, 2.05) is 0 Å². The summed E-state index contributed by atoms with van der Waals surface area (Å²) in [4.78, 5) is 24.6. The summed E-state index contributed by atoms with van der Waals surface area (Å²) in [6.45, 7) is 9.82. The van der Waals surface area contributed by atoms with Gasteiger partial charge in [0.2, 0.25) is 0 Å². The average Bonchev–Trinajstić information content (AvgIpc) is 2.12. The summed E-state index contributed by atoms with van der Waals surface area (Å²) in [6, 6.07) is 0. The maximum atomic E-state index is 11.9. The van der Waals surface area contributed by atoms with Crippen molar-refractivity contribution in [2.75, 3.05) is 13.2 Å². The fraction of sp³-hybridized carbons (Fsp3) is 0.846. The molecule has 6 heteroatoms. The maximum Gasteiger partial charge on any atom is 0.419 e. The van der Waals surface area contributed by atoms with Gasteiger partial charge in [-0.15, -0.1) is 6.61 Å². The zero-order valence-electron chi connectivity index (χ0n) is 12.6. The van der Waals surface area contributed by atoms with E-state index in [1.165, 1.54) is 0 Å². The van der Waals surface area contributed by atoms with Crippen molar-refractivity contribution in [3.63, 3.8) is 0 Å². The van der Waals surface area contributed by atoms with Gasteiger partial charge in [0.05, 0.1) is 0 Å². The first-order valence-electron chi connectivity index (χ1n) is 6.28. The maximum absolute atomic E-state index is 11.9. The molecule has 0 N–H and O–H groups in total. The van der Waals surface area contributed by atoms with Crippen LogP contribution in [0, 0.1) is 0 Å². The second kappa shape index (κ2) is 6.75. The van der Waals surface area contributed by atoms with Crippen molar-refractivity contribution in [2.45, 2.75) is 59.2 Å². The lowest BCUT2D eigenvalue weighted by atomic mass is 10.2. The van der Waals surface area contributed by atoms with Crippen LogP contribution in [-0.2, 0) is 9.47 Å². The fourth-order valence-electron chi connectivity index (χ4n) is 1.11. The molecular formula is C13H24NO5-. The number of ether oxygens (including phenoxy) is 2. The van der Waals surface area contributed by atoms with Gasteiger partial charge in [-0.05, 0) is 41.5 Å². The summed E-state index contributed by atoms with van der Waals surface area (Å²) in [7, 11) is 0. The average molecular weight is 274 g/mol. The molecule has 0 aromatic rings. The Labute approximate surface area is 114 Å².